The molecule has 21 nitrogen and oxygen atoms in total. The van der Waals surface area contributed by atoms with Crippen LogP contribution in [0.3, 0.4) is 0 Å². The summed E-state index contributed by atoms with van der Waals surface area (Å²) in [5.74, 6) is -12.1. The van der Waals surface area contributed by atoms with Crippen LogP contribution in [0.1, 0.15) is 72.1 Å². The summed E-state index contributed by atoms with van der Waals surface area (Å²) in [6.07, 6.45) is -15.8. The van der Waals surface area contributed by atoms with Gasteiger partial charge in [0.05, 0.1) is 30.2 Å². The maximum atomic E-state index is 14.7. The Labute approximate surface area is 405 Å². The maximum absolute atomic E-state index is 14.7. The molecule has 0 unspecified atom stereocenters. The first-order chi connectivity index (χ1) is 33.4. The molecule has 70 heavy (non-hydrogen) atoms. The first kappa shape index (κ1) is 54.1. The summed E-state index contributed by atoms with van der Waals surface area (Å²) in [7, 11) is 0.928. The van der Waals surface area contributed by atoms with Crippen LogP contribution in [-0.2, 0) is 85.6 Å². The second-order valence-electron chi connectivity index (χ2n) is 15.6. The van der Waals surface area contributed by atoms with Crippen molar-refractivity contribution >= 4 is 65.5 Å². The molecule has 0 amide bonds. The van der Waals surface area contributed by atoms with E-state index in [1.54, 1.807) is 60.9 Å². The third kappa shape index (κ3) is 14.3. The summed E-state index contributed by atoms with van der Waals surface area (Å²) in [4.78, 5) is 120. The van der Waals surface area contributed by atoms with Crippen LogP contribution in [0, 0.1) is 0 Å². The van der Waals surface area contributed by atoms with E-state index in [2.05, 4.69) is 0 Å². The second kappa shape index (κ2) is 25.1. The second-order valence-corrected chi connectivity index (χ2v) is 16.5. The Bertz CT molecular complexity index is 2330. The molecule has 22 heteroatoms. The molecule has 0 spiro atoms. The molecule has 0 aliphatic carbocycles. The van der Waals surface area contributed by atoms with Crippen LogP contribution >= 0.6 is 11.8 Å². The van der Waals surface area contributed by atoms with Gasteiger partial charge >= 0.3 is 53.7 Å². The average Bonchev–Trinajstić information content (AvgIpc) is 3.33. The Kier molecular flexibility index (Phi) is 19.4. The molecule has 2 saturated heterocycles. The fraction of sp³-hybridized carbons (Fsp3) is 0.438. The zero-order valence-electron chi connectivity index (χ0n) is 39.0. The SMILES string of the molecule is COC(=O)[C@@]1(O[C@H]2[C@@H](OC(=O)c3ccccc3)[C@@H](COC(=O)c3ccccc3)O[C@@H](SC)[C@@H]2OC(=O)c2ccccc2)C[C@H](OC(C)=O)[C@@H](OC(C)=O)[C@H]([C@H](OC(C)=O)[C@@H](COC(C)=O)OC(C)=O)O1. The van der Waals surface area contributed by atoms with Crippen molar-refractivity contribution in [3.63, 3.8) is 0 Å². The lowest BCUT2D eigenvalue weighted by Gasteiger charge is -2.51. The number of carbonyl (C=O) groups excluding carboxylic acids is 9. The van der Waals surface area contributed by atoms with Gasteiger partial charge in [-0.05, 0) is 42.7 Å². The molecule has 11 atom stereocenters. The fourth-order valence-corrected chi connectivity index (χ4v) is 8.31. The lowest BCUT2D eigenvalue weighted by atomic mass is 9.89. The Hall–Kier alpha value is -6.88. The predicted molar refractivity (Wildman–Crippen MR) is 238 cm³/mol. The maximum Gasteiger partial charge on any atom is 0.366 e. The van der Waals surface area contributed by atoms with E-state index in [4.69, 9.17) is 56.8 Å². The van der Waals surface area contributed by atoms with Crippen molar-refractivity contribution in [3.05, 3.63) is 108 Å². The number of ether oxygens (including phenoxy) is 12. The van der Waals surface area contributed by atoms with Gasteiger partial charge in [-0.25, -0.2) is 19.2 Å². The normalized spacial score (nSPS) is 24.7. The molecular weight excluding hydrogens is 945 g/mol. The van der Waals surface area contributed by atoms with Crippen LogP contribution in [0.4, 0.5) is 0 Å². The number of hydrogen-bond donors (Lipinski definition) is 0. The quantitative estimate of drug-likeness (QED) is 0.122. The van der Waals surface area contributed by atoms with Crippen molar-refractivity contribution in [1.29, 1.82) is 0 Å². The highest BCUT2D eigenvalue weighted by atomic mass is 32.2. The van der Waals surface area contributed by atoms with Gasteiger partial charge in [-0.15, -0.1) is 11.8 Å². The lowest BCUT2D eigenvalue weighted by molar-refractivity contribution is -0.360. The minimum atomic E-state index is -2.97. The summed E-state index contributed by atoms with van der Waals surface area (Å²) >= 11 is 0.976. The highest BCUT2D eigenvalue weighted by Gasteiger charge is 2.64. The van der Waals surface area contributed by atoms with Crippen LogP contribution < -0.4 is 0 Å². The van der Waals surface area contributed by atoms with Crippen LogP contribution in [0.25, 0.3) is 0 Å². The number of benzene rings is 3. The molecule has 376 valence electrons. The summed E-state index contributed by atoms with van der Waals surface area (Å²) < 4.78 is 70.6. The minimum absolute atomic E-state index is 0.00965. The molecule has 2 heterocycles. The lowest BCUT2D eigenvalue weighted by Crippen LogP contribution is -2.70. The summed E-state index contributed by atoms with van der Waals surface area (Å²) in [6, 6.07) is 23.2. The van der Waals surface area contributed by atoms with Gasteiger partial charge in [0.2, 0.25) is 0 Å². The van der Waals surface area contributed by atoms with Crippen LogP contribution in [-0.4, -0.2) is 146 Å². The molecule has 2 aliphatic heterocycles. The van der Waals surface area contributed by atoms with Crippen molar-refractivity contribution in [3.8, 4) is 0 Å². The molecule has 0 saturated carbocycles. The van der Waals surface area contributed by atoms with Gasteiger partial charge in [-0.3, -0.25) is 24.0 Å². The Morgan fingerprint density at radius 2 is 1.11 bits per heavy atom. The monoisotopic (exact) mass is 996 g/mol. The van der Waals surface area contributed by atoms with E-state index in [1.165, 1.54) is 36.4 Å². The Morgan fingerprint density at radius 3 is 1.59 bits per heavy atom. The highest BCUT2D eigenvalue weighted by Crippen LogP contribution is 2.43. The van der Waals surface area contributed by atoms with E-state index in [0.717, 1.165) is 53.5 Å². The first-order valence-electron chi connectivity index (χ1n) is 21.5. The largest absolute Gasteiger partial charge is 0.465 e. The molecule has 2 aliphatic rings. The molecule has 2 fully saturated rings. The fourth-order valence-electron chi connectivity index (χ4n) is 7.57. The smallest absolute Gasteiger partial charge is 0.366 e. The summed E-state index contributed by atoms with van der Waals surface area (Å²) in [5.41, 5.74) is -1.09. The summed E-state index contributed by atoms with van der Waals surface area (Å²) in [5, 5.41) is 0. The van der Waals surface area contributed by atoms with Crippen molar-refractivity contribution in [2.45, 2.75) is 107 Å². The van der Waals surface area contributed by atoms with E-state index in [9.17, 15) is 43.2 Å². The third-order valence-corrected chi connectivity index (χ3v) is 11.3. The minimum Gasteiger partial charge on any atom is -0.465 e. The van der Waals surface area contributed by atoms with Crippen molar-refractivity contribution in [2.24, 2.45) is 0 Å². The van der Waals surface area contributed by atoms with E-state index >= 15 is 0 Å². The van der Waals surface area contributed by atoms with Gasteiger partial charge in [0.25, 0.3) is 5.79 Å². The molecule has 0 bridgehead atoms. The van der Waals surface area contributed by atoms with Gasteiger partial charge in [0.15, 0.2) is 30.5 Å². The van der Waals surface area contributed by atoms with Crippen LogP contribution in [0.15, 0.2) is 91.0 Å². The van der Waals surface area contributed by atoms with Gasteiger partial charge in [0.1, 0.15) is 43.1 Å². The molecule has 3 aromatic carbocycles. The zero-order chi connectivity index (χ0) is 51.1. The highest BCUT2D eigenvalue weighted by molar-refractivity contribution is 7.99. The first-order valence-corrected chi connectivity index (χ1v) is 22.8. The van der Waals surface area contributed by atoms with Crippen LogP contribution in [0.5, 0.6) is 0 Å². The van der Waals surface area contributed by atoms with Gasteiger partial charge in [-0.2, -0.15) is 0 Å². The molecule has 3 aromatic rings. The van der Waals surface area contributed by atoms with E-state index in [0.29, 0.717) is 0 Å². The average molecular weight is 997 g/mol. The summed E-state index contributed by atoms with van der Waals surface area (Å²) in [6.45, 7) is 3.48. The zero-order valence-corrected chi connectivity index (χ0v) is 39.9. The van der Waals surface area contributed by atoms with E-state index < -0.39 is 140 Å². The third-order valence-electron chi connectivity index (χ3n) is 10.4. The van der Waals surface area contributed by atoms with Crippen molar-refractivity contribution in [2.75, 3.05) is 26.6 Å². The number of thioether (sulfide) groups is 1. The molecule has 5 rings (SSSR count). The topological polar surface area (TPSA) is 264 Å². The number of methoxy groups -OCH3 is 1. The predicted octanol–water partition coefficient (Wildman–Crippen LogP) is 3.72. The molecular formula is C48H52O21S. The molecule has 0 N–H and O–H groups in total. The number of rotatable bonds is 19. The van der Waals surface area contributed by atoms with E-state index in [-0.39, 0.29) is 16.7 Å². The van der Waals surface area contributed by atoms with Gasteiger partial charge in [-0.1, -0.05) is 54.6 Å². The number of carbonyl (C=O) groups is 9. The number of esters is 9. The number of hydrogen-bond acceptors (Lipinski definition) is 22. The Balaban J connectivity index is 1.76. The van der Waals surface area contributed by atoms with Crippen molar-refractivity contribution in [1.82, 2.24) is 0 Å². The van der Waals surface area contributed by atoms with Crippen molar-refractivity contribution < 1.29 is 100.0 Å². The molecule has 0 radical (unpaired) electrons. The van der Waals surface area contributed by atoms with Gasteiger partial charge < -0.3 is 56.8 Å². The van der Waals surface area contributed by atoms with Crippen LogP contribution in [0.2, 0.25) is 0 Å². The Morgan fingerprint density at radius 1 is 0.600 bits per heavy atom. The van der Waals surface area contributed by atoms with Gasteiger partial charge in [0, 0.05) is 34.6 Å². The van der Waals surface area contributed by atoms with E-state index in [1.807, 2.05) is 0 Å². The standard InChI is InChI=1S/C48H52O21S/c1-26(49)59-24-35(62-28(3)51)38(64-30(5)53)40-37(63-29(4)52)34(61-27(2)50)23-48(68-40,47(57)58-6)69-41-39(66-44(55)32-19-13-9-14-20-32)36(25-60-43(54)31-17-11-8-12-18-31)65-46(70-7)42(41)67-45(56)33-21-15-10-16-22-33/h8-22,34-42,46H,23-25H2,1-7H3/t34-,35+,36+,37+,38+,39-,40+,41-,42+,46-,48-/m0/s1. The molecule has 0 aromatic heterocycles.